The van der Waals surface area contributed by atoms with Crippen LogP contribution in [0.4, 0.5) is 0 Å². The number of benzene rings is 1. The molecule has 0 radical (unpaired) electrons. The minimum atomic E-state index is 0. The van der Waals surface area contributed by atoms with E-state index in [4.69, 9.17) is 0 Å². The van der Waals surface area contributed by atoms with Crippen molar-refractivity contribution in [2.45, 2.75) is 45.4 Å². The molecule has 1 aliphatic rings. The van der Waals surface area contributed by atoms with Gasteiger partial charge in [0.2, 0.25) is 0 Å². The minimum absolute atomic E-state index is 0. The van der Waals surface area contributed by atoms with E-state index in [0.29, 0.717) is 5.41 Å². The molecule has 0 fully saturated rings. The Balaban J connectivity index is 0.000000980. The van der Waals surface area contributed by atoms with Gasteiger partial charge in [0.15, 0.2) is 0 Å². The zero-order valence-corrected chi connectivity index (χ0v) is 11.0. The van der Waals surface area contributed by atoms with Gasteiger partial charge in [0.1, 0.15) is 0 Å². The largest absolute Gasteiger partial charge is 0.153 e. The first-order chi connectivity index (χ1) is 6.09. The predicted octanol–water partition coefficient (Wildman–Crippen LogP) is 3.67. The van der Waals surface area contributed by atoms with Gasteiger partial charge in [-0.1, -0.05) is 37.6 Å². The normalized spacial score (nSPS) is 18.2. The average Bonchev–Trinajstić information content (AvgIpc) is 2.02. The fourth-order valence-corrected chi connectivity index (χ4v) is 2.45. The smallest absolute Gasteiger partial charge is 0.0101 e. The van der Waals surface area contributed by atoms with Crippen molar-refractivity contribution in [3.63, 3.8) is 0 Å². The summed E-state index contributed by atoms with van der Waals surface area (Å²) in [6.07, 6.45) is 3.97. The summed E-state index contributed by atoms with van der Waals surface area (Å²) in [7, 11) is 0. The van der Waals surface area contributed by atoms with Crippen molar-refractivity contribution in [2.24, 2.45) is 0 Å². The summed E-state index contributed by atoms with van der Waals surface area (Å²) < 4.78 is 0. The summed E-state index contributed by atoms with van der Waals surface area (Å²) in [4.78, 5) is 0. The van der Waals surface area contributed by atoms with Gasteiger partial charge in [0, 0.05) is 0 Å². The standard InChI is InChI=1S/C13H18.H3P/c1-10-6-7-12-11(9-10)5-4-8-13(12,2)3;/h6-7,9H,4-5,8H2,1-3H3;1H3. The molecule has 0 nitrogen and oxygen atoms in total. The lowest BCUT2D eigenvalue weighted by molar-refractivity contribution is 0.432. The fraction of sp³-hybridized carbons (Fsp3) is 0.538. The van der Waals surface area contributed by atoms with Crippen LogP contribution in [0, 0.1) is 6.92 Å². The molecule has 0 aliphatic heterocycles. The monoisotopic (exact) mass is 208 g/mol. The summed E-state index contributed by atoms with van der Waals surface area (Å²) in [5.41, 5.74) is 4.96. The Morgan fingerprint density at radius 1 is 1.21 bits per heavy atom. The fourth-order valence-electron chi connectivity index (χ4n) is 2.45. The van der Waals surface area contributed by atoms with Crippen molar-refractivity contribution in [2.75, 3.05) is 0 Å². The highest BCUT2D eigenvalue weighted by Gasteiger charge is 2.26. The molecule has 0 heterocycles. The second kappa shape index (κ2) is 4.03. The SMILES string of the molecule is Cc1ccc2c(c1)CCCC2(C)C.P. The molecular formula is C13H21P. The maximum Gasteiger partial charge on any atom is -0.0101 e. The first kappa shape index (κ1) is 11.7. The molecule has 0 N–H and O–H groups in total. The molecule has 1 aromatic carbocycles. The van der Waals surface area contributed by atoms with Crippen LogP contribution in [0.1, 0.15) is 43.4 Å². The number of aryl methyl sites for hydroxylation is 2. The molecule has 0 spiro atoms. The lowest BCUT2D eigenvalue weighted by atomic mass is 9.72. The highest BCUT2D eigenvalue weighted by molar-refractivity contribution is 6.92. The molecule has 1 aliphatic carbocycles. The summed E-state index contributed by atoms with van der Waals surface area (Å²) in [5.74, 6) is 0. The minimum Gasteiger partial charge on any atom is -0.153 e. The van der Waals surface area contributed by atoms with Crippen molar-refractivity contribution in [1.29, 1.82) is 0 Å². The Bertz CT molecular complexity index is 326. The van der Waals surface area contributed by atoms with E-state index in [1.54, 1.807) is 11.1 Å². The van der Waals surface area contributed by atoms with Crippen LogP contribution < -0.4 is 0 Å². The lowest BCUT2D eigenvalue weighted by Crippen LogP contribution is -2.23. The predicted molar refractivity (Wildman–Crippen MR) is 68.2 cm³/mol. The second-order valence-corrected chi connectivity index (χ2v) is 4.90. The van der Waals surface area contributed by atoms with Gasteiger partial charge in [-0.05, 0) is 42.7 Å². The van der Waals surface area contributed by atoms with E-state index in [9.17, 15) is 0 Å². The van der Waals surface area contributed by atoms with Crippen LogP contribution in [-0.4, -0.2) is 0 Å². The third-order valence-electron chi connectivity index (χ3n) is 3.24. The Labute approximate surface area is 90.7 Å². The molecule has 1 atom stereocenters. The van der Waals surface area contributed by atoms with Crippen molar-refractivity contribution in [3.8, 4) is 0 Å². The summed E-state index contributed by atoms with van der Waals surface area (Å²) in [5, 5.41) is 0. The van der Waals surface area contributed by atoms with E-state index < -0.39 is 0 Å². The highest BCUT2D eigenvalue weighted by atomic mass is 31.0. The third kappa shape index (κ3) is 2.01. The summed E-state index contributed by atoms with van der Waals surface area (Å²) in [6.45, 7) is 6.91. The van der Waals surface area contributed by atoms with Crippen LogP contribution in [0.25, 0.3) is 0 Å². The number of hydrogen-bond donors (Lipinski definition) is 0. The Hall–Kier alpha value is -0.350. The molecule has 1 unspecified atom stereocenters. The molecule has 14 heavy (non-hydrogen) atoms. The van der Waals surface area contributed by atoms with Gasteiger partial charge in [-0.3, -0.25) is 0 Å². The van der Waals surface area contributed by atoms with Crippen molar-refractivity contribution >= 4 is 9.90 Å². The van der Waals surface area contributed by atoms with Gasteiger partial charge < -0.3 is 0 Å². The van der Waals surface area contributed by atoms with Gasteiger partial charge >= 0.3 is 0 Å². The van der Waals surface area contributed by atoms with E-state index in [0.717, 1.165) is 0 Å². The summed E-state index contributed by atoms with van der Waals surface area (Å²) >= 11 is 0. The summed E-state index contributed by atoms with van der Waals surface area (Å²) in [6, 6.07) is 6.92. The Kier molecular flexibility index (Phi) is 3.37. The van der Waals surface area contributed by atoms with Gasteiger partial charge in [0.25, 0.3) is 0 Å². The topological polar surface area (TPSA) is 0 Å². The molecule has 1 heteroatoms. The van der Waals surface area contributed by atoms with Crippen LogP contribution in [0.15, 0.2) is 18.2 Å². The molecule has 0 bridgehead atoms. The van der Waals surface area contributed by atoms with Crippen LogP contribution in [0.2, 0.25) is 0 Å². The van der Waals surface area contributed by atoms with Crippen LogP contribution >= 0.6 is 9.90 Å². The van der Waals surface area contributed by atoms with E-state index in [1.807, 2.05) is 0 Å². The molecule has 1 aromatic rings. The lowest BCUT2D eigenvalue weighted by Gasteiger charge is -2.32. The maximum absolute atomic E-state index is 2.36. The zero-order chi connectivity index (χ0) is 9.47. The van der Waals surface area contributed by atoms with E-state index in [2.05, 4.69) is 39.0 Å². The first-order valence-corrected chi connectivity index (χ1v) is 5.20. The van der Waals surface area contributed by atoms with Crippen LogP contribution in [0.5, 0.6) is 0 Å². The van der Waals surface area contributed by atoms with Gasteiger partial charge in [-0.2, -0.15) is 9.90 Å². The molecular weight excluding hydrogens is 187 g/mol. The van der Waals surface area contributed by atoms with Gasteiger partial charge in [-0.15, -0.1) is 0 Å². The molecule has 0 aromatic heterocycles. The third-order valence-corrected chi connectivity index (χ3v) is 3.24. The molecule has 2 rings (SSSR count). The van der Waals surface area contributed by atoms with E-state index in [-0.39, 0.29) is 9.90 Å². The Morgan fingerprint density at radius 3 is 2.64 bits per heavy atom. The quantitative estimate of drug-likeness (QED) is 0.571. The van der Waals surface area contributed by atoms with Crippen molar-refractivity contribution in [1.82, 2.24) is 0 Å². The van der Waals surface area contributed by atoms with Crippen LogP contribution in [-0.2, 0) is 11.8 Å². The van der Waals surface area contributed by atoms with E-state index >= 15 is 0 Å². The van der Waals surface area contributed by atoms with Crippen LogP contribution in [0.3, 0.4) is 0 Å². The van der Waals surface area contributed by atoms with Crippen molar-refractivity contribution in [3.05, 3.63) is 34.9 Å². The molecule has 0 saturated heterocycles. The molecule has 78 valence electrons. The highest BCUT2D eigenvalue weighted by Crippen LogP contribution is 2.36. The maximum atomic E-state index is 2.36. The molecule has 0 amide bonds. The number of hydrogen-bond acceptors (Lipinski definition) is 0. The Morgan fingerprint density at radius 2 is 1.93 bits per heavy atom. The van der Waals surface area contributed by atoms with Gasteiger partial charge in [-0.25, -0.2) is 0 Å². The molecule has 0 saturated carbocycles. The first-order valence-electron chi connectivity index (χ1n) is 5.20. The van der Waals surface area contributed by atoms with E-state index in [1.165, 1.54) is 24.8 Å². The average molecular weight is 208 g/mol. The van der Waals surface area contributed by atoms with Crippen molar-refractivity contribution < 1.29 is 0 Å². The zero-order valence-electron chi connectivity index (χ0n) is 9.56. The van der Waals surface area contributed by atoms with Gasteiger partial charge in [0.05, 0.1) is 0 Å². The number of rotatable bonds is 0. The second-order valence-electron chi connectivity index (χ2n) is 4.90. The number of fused-ring (bicyclic) bond motifs is 1.